The van der Waals surface area contributed by atoms with Gasteiger partial charge in [-0.3, -0.25) is 0 Å². The Morgan fingerprint density at radius 2 is 1.67 bits per heavy atom. The van der Waals surface area contributed by atoms with Crippen molar-refractivity contribution in [2.24, 2.45) is 5.73 Å². The molecule has 3 rings (SSSR count). The van der Waals surface area contributed by atoms with Crippen LogP contribution in [0, 0.1) is 6.92 Å². The number of sulfonamides is 1. The van der Waals surface area contributed by atoms with Crippen LogP contribution in [-0.4, -0.2) is 12.7 Å². The van der Waals surface area contributed by atoms with Gasteiger partial charge in [0.15, 0.2) is 0 Å². The molecule has 2 aromatic rings. The molecule has 0 saturated carbocycles. The van der Waals surface area contributed by atoms with Crippen molar-refractivity contribution in [2.75, 3.05) is 0 Å². The van der Waals surface area contributed by atoms with Gasteiger partial charge in [-0.2, -0.15) is 4.31 Å². The number of fused-ring (bicyclic) bond motifs is 1. The summed E-state index contributed by atoms with van der Waals surface area (Å²) in [6, 6.07) is 13.1. The van der Waals surface area contributed by atoms with Crippen molar-refractivity contribution in [3.63, 3.8) is 0 Å². The van der Waals surface area contributed by atoms with Crippen molar-refractivity contribution in [3.05, 3.63) is 64.7 Å². The highest BCUT2D eigenvalue weighted by atomic mass is 32.2. The van der Waals surface area contributed by atoms with Crippen LogP contribution in [-0.2, 0) is 29.7 Å². The van der Waals surface area contributed by atoms with E-state index in [1.165, 1.54) is 4.31 Å². The summed E-state index contributed by atoms with van der Waals surface area (Å²) in [5.41, 5.74) is 9.45. The van der Waals surface area contributed by atoms with Crippen LogP contribution in [0.15, 0.2) is 47.4 Å². The third-order valence-corrected chi connectivity index (χ3v) is 5.98. The Balaban J connectivity index is 2.00. The van der Waals surface area contributed by atoms with Crippen LogP contribution in [0.2, 0.25) is 0 Å². The molecule has 0 aromatic heterocycles. The highest BCUT2D eigenvalue weighted by Crippen LogP contribution is 2.30. The summed E-state index contributed by atoms with van der Waals surface area (Å²) in [6.07, 6.45) is 0. The molecule has 4 nitrogen and oxygen atoms in total. The van der Waals surface area contributed by atoms with E-state index in [4.69, 9.17) is 5.73 Å². The van der Waals surface area contributed by atoms with Crippen molar-refractivity contribution in [1.82, 2.24) is 4.31 Å². The molecule has 1 heterocycles. The maximum atomic E-state index is 12.9. The van der Waals surface area contributed by atoms with Gasteiger partial charge in [-0.25, -0.2) is 8.42 Å². The summed E-state index contributed by atoms with van der Waals surface area (Å²) in [5, 5.41) is 0. The van der Waals surface area contributed by atoms with Gasteiger partial charge in [0.1, 0.15) is 0 Å². The Morgan fingerprint density at radius 3 is 2.24 bits per heavy atom. The summed E-state index contributed by atoms with van der Waals surface area (Å²) in [6.45, 7) is 3.03. The molecule has 5 heteroatoms. The van der Waals surface area contributed by atoms with Gasteiger partial charge >= 0.3 is 0 Å². The van der Waals surface area contributed by atoms with Crippen LogP contribution in [0.4, 0.5) is 0 Å². The minimum atomic E-state index is -3.49. The molecule has 0 unspecified atom stereocenters. The van der Waals surface area contributed by atoms with E-state index in [1.54, 1.807) is 12.1 Å². The van der Waals surface area contributed by atoms with Crippen molar-refractivity contribution >= 4 is 10.0 Å². The van der Waals surface area contributed by atoms with Crippen LogP contribution in [0.5, 0.6) is 0 Å². The van der Waals surface area contributed by atoms with Gasteiger partial charge in [0.05, 0.1) is 4.90 Å². The largest absolute Gasteiger partial charge is 0.326 e. The van der Waals surface area contributed by atoms with Crippen molar-refractivity contribution in [3.8, 4) is 0 Å². The number of nitrogens with zero attached hydrogens (tertiary/aromatic N) is 1. The minimum Gasteiger partial charge on any atom is -0.326 e. The molecule has 0 aliphatic carbocycles. The molecule has 0 bridgehead atoms. The number of nitrogens with two attached hydrogens (primary N) is 1. The van der Waals surface area contributed by atoms with Crippen molar-refractivity contribution in [1.29, 1.82) is 0 Å². The highest BCUT2D eigenvalue weighted by Gasteiger charge is 2.31. The maximum Gasteiger partial charge on any atom is 0.243 e. The molecule has 1 aliphatic heterocycles. The normalized spacial score (nSPS) is 15.1. The Morgan fingerprint density at radius 1 is 1.05 bits per heavy atom. The summed E-state index contributed by atoms with van der Waals surface area (Å²) in [5.74, 6) is 0. The number of benzene rings is 2. The molecule has 0 spiro atoms. The molecule has 1 aliphatic rings. The molecule has 2 N–H and O–H groups in total. The molecule has 110 valence electrons. The first kappa shape index (κ1) is 14.3. The van der Waals surface area contributed by atoms with Crippen LogP contribution < -0.4 is 5.73 Å². The zero-order valence-corrected chi connectivity index (χ0v) is 12.7. The van der Waals surface area contributed by atoms with Crippen LogP contribution in [0.25, 0.3) is 0 Å². The Labute approximate surface area is 125 Å². The third-order valence-electron chi connectivity index (χ3n) is 4.05. The fourth-order valence-electron chi connectivity index (χ4n) is 2.77. The Bertz CT molecular complexity index is 760. The lowest BCUT2D eigenvalue weighted by Gasteiger charge is -2.18. The van der Waals surface area contributed by atoms with E-state index in [9.17, 15) is 8.42 Å². The average Bonchev–Trinajstić information content (AvgIpc) is 2.92. The zero-order valence-electron chi connectivity index (χ0n) is 11.9. The summed E-state index contributed by atoms with van der Waals surface area (Å²) in [4.78, 5) is 0.359. The van der Waals surface area contributed by atoms with Crippen molar-refractivity contribution in [2.45, 2.75) is 31.5 Å². The first-order chi connectivity index (χ1) is 10.0. The lowest BCUT2D eigenvalue weighted by Crippen LogP contribution is -2.26. The van der Waals surface area contributed by atoms with Gasteiger partial charge in [-0.15, -0.1) is 0 Å². The van der Waals surface area contributed by atoms with Gasteiger partial charge in [0, 0.05) is 19.6 Å². The smallest absolute Gasteiger partial charge is 0.243 e. The SMILES string of the molecule is Cc1c(CN)cccc1S(=O)(=O)N1Cc2ccccc2C1. The second-order valence-electron chi connectivity index (χ2n) is 5.29. The van der Waals surface area contributed by atoms with Gasteiger partial charge in [0.25, 0.3) is 0 Å². The molecule has 0 radical (unpaired) electrons. The quantitative estimate of drug-likeness (QED) is 0.945. The second kappa shape index (κ2) is 5.26. The molecule has 21 heavy (non-hydrogen) atoms. The third kappa shape index (κ3) is 2.37. The fourth-order valence-corrected chi connectivity index (χ4v) is 4.44. The standard InChI is InChI=1S/C16H18N2O2S/c1-12-13(9-17)7-4-8-16(12)21(19,20)18-10-14-5-2-3-6-15(14)11-18/h2-8H,9-11,17H2,1H3. The van der Waals surface area contributed by atoms with Gasteiger partial charge in [-0.05, 0) is 35.2 Å². The first-order valence-electron chi connectivity index (χ1n) is 6.89. The summed E-state index contributed by atoms with van der Waals surface area (Å²) >= 11 is 0. The Hall–Kier alpha value is -1.69. The number of hydrogen-bond acceptors (Lipinski definition) is 3. The molecular formula is C16H18N2O2S. The van der Waals surface area contributed by atoms with E-state index in [2.05, 4.69) is 0 Å². The average molecular weight is 302 g/mol. The Kier molecular flexibility index (Phi) is 3.57. The monoisotopic (exact) mass is 302 g/mol. The lowest BCUT2D eigenvalue weighted by molar-refractivity contribution is 0.431. The molecule has 0 amide bonds. The fraction of sp³-hybridized carbons (Fsp3) is 0.250. The van der Waals surface area contributed by atoms with Gasteiger partial charge in [0.2, 0.25) is 10.0 Å². The zero-order chi connectivity index (χ0) is 15.0. The lowest BCUT2D eigenvalue weighted by atomic mass is 10.1. The first-order valence-corrected chi connectivity index (χ1v) is 8.33. The number of hydrogen-bond donors (Lipinski definition) is 1. The van der Waals surface area contributed by atoms with E-state index in [1.807, 2.05) is 37.3 Å². The summed E-state index contributed by atoms with van der Waals surface area (Å²) in [7, 11) is -3.49. The van der Waals surface area contributed by atoms with Crippen LogP contribution in [0.1, 0.15) is 22.3 Å². The van der Waals surface area contributed by atoms with Crippen molar-refractivity contribution < 1.29 is 8.42 Å². The maximum absolute atomic E-state index is 12.9. The van der Waals surface area contributed by atoms with Gasteiger partial charge in [-0.1, -0.05) is 36.4 Å². The molecule has 0 atom stereocenters. The summed E-state index contributed by atoms with van der Waals surface area (Å²) < 4.78 is 27.3. The van der Waals surface area contributed by atoms with Gasteiger partial charge < -0.3 is 5.73 Å². The predicted octanol–water partition coefficient (Wildman–Crippen LogP) is 2.16. The van der Waals surface area contributed by atoms with E-state index >= 15 is 0 Å². The minimum absolute atomic E-state index is 0.343. The van der Waals surface area contributed by atoms with Crippen LogP contribution in [0.3, 0.4) is 0 Å². The molecule has 0 saturated heterocycles. The molecule has 2 aromatic carbocycles. The van der Waals surface area contributed by atoms with E-state index < -0.39 is 10.0 Å². The van der Waals surface area contributed by atoms with E-state index in [-0.39, 0.29) is 0 Å². The van der Waals surface area contributed by atoms with E-state index in [0.717, 1.165) is 22.3 Å². The topological polar surface area (TPSA) is 63.4 Å². The predicted molar refractivity (Wildman–Crippen MR) is 81.9 cm³/mol. The van der Waals surface area contributed by atoms with E-state index in [0.29, 0.717) is 24.5 Å². The molecule has 0 fully saturated rings. The highest BCUT2D eigenvalue weighted by molar-refractivity contribution is 7.89. The molecular weight excluding hydrogens is 284 g/mol. The number of rotatable bonds is 3. The van der Waals surface area contributed by atoms with Crippen LogP contribution >= 0.6 is 0 Å². The second-order valence-corrected chi connectivity index (χ2v) is 7.19.